The summed E-state index contributed by atoms with van der Waals surface area (Å²) in [5, 5.41) is 4.11. The van der Waals surface area contributed by atoms with E-state index >= 15 is 0 Å². The Morgan fingerprint density at radius 3 is 2.34 bits per heavy atom. The van der Waals surface area contributed by atoms with Gasteiger partial charge in [-0.15, -0.1) is 0 Å². The maximum absolute atomic E-state index is 13.3. The topological polar surface area (TPSA) is 78.8 Å². The van der Waals surface area contributed by atoms with E-state index in [4.69, 9.17) is 0 Å². The number of nitrogens with one attached hydrogen (secondary N) is 1. The first-order valence-corrected chi connectivity index (χ1v) is 12.1. The molecule has 3 aromatic rings. The number of sulfonamides is 1. The molecule has 0 saturated heterocycles. The van der Waals surface area contributed by atoms with Crippen LogP contribution in [0.1, 0.15) is 18.1 Å². The van der Waals surface area contributed by atoms with Gasteiger partial charge in [-0.3, -0.25) is 9.10 Å². The molecule has 0 bridgehead atoms. The van der Waals surface area contributed by atoms with E-state index in [1.54, 1.807) is 31.2 Å². The molecule has 0 atom stereocenters. The Balaban J connectivity index is 1.87. The largest absolute Gasteiger partial charge is 0.271 e. The second-order valence-electron chi connectivity index (χ2n) is 7.04. The third kappa shape index (κ3) is 5.92. The molecule has 0 saturated carbocycles. The molecule has 3 aromatic carbocycles. The van der Waals surface area contributed by atoms with Crippen molar-refractivity contribution in [3.05, 3.63) is 93.3 Å². The third-order valence-electron chi connectivity index (χ3n) is 4.60. The average Bonchev–Trinajstić information content (AvgIpc) is 2.77. The average molecular weight is 565 g/mol. The highest BCUT2D eigenvalue weighted by Crippen LogP contribution is 2.24. The number of anilines is 1. The summed E-state index contributed by atoms with van der Waals surface area (Å²) in [6.45, 7) is 3.13. The number of hydrazone groups is 1. The molecule has 3 rings (SSSR count). The second kappa shape index (κ2) is 10.2. The molecule has 0 heterocycles. The first-order valence-electron chi connectivity index (χ1n) is 9.61. The molecule has 6 nitrogen and oxygen atoms in total. The third-order valence-corrected chi connectivity index (χ3v) is 7.06. The summed E-state index contributed by atoms with van der Waals surface area (Å²) in [5.74, 6) is -1.16. The van der Waals surface area contributed by atoms with Crippen molar-refractivity contribution in [3.8, 4) is 0 Å². The Kier molecular flexibility index (Phi) is 7.62. The van der Waals surface area contributed by atoms with Gasteiger partial charge in [0.2, 0.25) is 0 Å². The minimum atomic E-state index is -4.12. The number of rotatable bonds is 7. The normalized spacial score (nSPS) is 11.8. The second-order valence-corrected chi connectivity index (χ2v) is 10.2. The molecule has 0 aromatic heterocycles. The summed E-state index contributed by atoms with van der Waals surface area (Å²) in [4.78, 5) is 12.5. The quantitative estimate of drug-likeness (QED) is 0.261. The lowest BCUT2D eigenvalue weighted by Gasteiger charge is -2.24. The molecule has 9 heteroatoms. The number of hydrogen-bond donors (Lipinski definition) is 1. The number of benzene rings is 3. The molecule has 32 heavy (non-hydrogen) atoms. The molecule has 0 aliphatic rings. The lowest BCUT2D eigenvalue weighted by molar-refractivity contribution is -0.119. The predicted molar refractivity (Wildman–Crippen MR) is 132 cm³/mol. The molecule has 0 radical (unpaired) electrons. The van der Waals surface area contributed by atoms with Gasteiger partial charge in [0.1, 0.15) is 12.4 Å². The van der Waals surface area contributed by atoms with Crippen LogP contribution in [0.2, 0.25) is 0 Å². The van der Waals surface area contributed by atoms with Crippen molar-refractivity contribution in [1.82, 2.24) is 5.43 Å². The molecule has 0 spiro atoms. The summed E-state index contributed by atoms with van der Waals surface area (Å²) in [6, 6.07) is 18.8. The molecular formula is C23H21FIN3O3S. The monoisotopic (exact) mass is 565 g/mol. The van der Waals surface area contributed by atoms with E-state index in [9.17, 15) is 17.6 Å². The van der Waals surface area contributed by atoms with Crippen LogP contribution in [0.4, 0.5) is 10.1 Å². The number of halogens is 2. The van der Waals surface area contributed by atoms with Crippen molar-refractivity contribution in [2.45, 2.75) is 18.7 Å². The fourth-order valence-corrected chi connectivity index (χ4v) is 4.81. The lowest BCUT2D eigenvalue weighted by atomic mass is 10.1. The highest BCUT2D eigenvalue weighted by Gasteiger charge is 2.27. The van der Waals surface area contributed by atoms with Gasteiger partial charge in [-0.1, -0.05) is 29.8 Å². The first-order chi connectivity index (χ1) is 15.2. The van der Waals surface area contributed by atoms with Crippen LogP contribution >= 0.6 is 22.6 Å². The predicted octanol–water partition coefficient (Wildman–Crippen LogP) is 4.47. The van der Waals surface area contributed by atoms with Gasteiger partial charge in [0.15, 0.2) is 0 Å². The summed E-state index contributed by atoms with van der Waals surface area (Å²) >= 11 is 2.18. The van der Waals surface area contributed by atoms with Gasteiger partial charge in [0.25, 0.3) is 15.9 Å². The standard InChI is InChI=1S/C23H21FIN3O3S/c1-16-6-10-21(11-7-16)28(32(30,31)22-12-8-19(24)9-13-22)15-23(29)27-26-17(2)18-4-3-5-20(25)14-18/h3-14H,15H2,1-2H3,(H,27,29)/b26-17-. The van der Waals surface area contributed by atoms with Crippen LogP contribution in [-0.4, -0.2) is 26.6 Å². The smallest absolute Gasteiger partial charge is 0.264 e. The van der Waals surface area contributed by atoms with Crippen LogP contribution < -0.4 is 9.73 Å². The highest BCUT2D eigenvalue weighted by molar-refractivity contribution is 14.1. The van der Waals surface area contributed by atoms with E-state index < -0.39 is 28.3 Å². The SMILES string of the molecule is C/C(=N/NC(=O)CN(c1ccc(C)cc1)S(=O)(=O)c1ccc(F)cc1)c1cccc(I)c1. The van der Waals surface area contributed by atoms with E-state index in [1.165, 1.54) is 12.1 Å². The van der Waals surface area contributed by atoms with Crippen molar-refractivity contribution in [2.24, 2.45) is 5.10 Å². The Hall–Kier alpha value is -2.79. The molecule has 166 valence electrons. The summed E-state index contributed by atoms with van der Waals surface area (Å²) in [6.07, 6.45) is 0. The van der Waals surface area contributed by atoms with Gasteiger partial charge in [-0.25, -0.2) is 18.2 Å². The van der Waals surface area contributed by atoms with Crippen molar-refractivity contribution < 1.29 is 17.6 Å². The minimum absolute atomic E-state index is 0.120. The zero-order valence-electron chi connectivity index (χ0n) is 17.4. The Morgan fingerprint density at radius 2 is 1.72 bits per heavy atom. The van der Waals surface area contributed by atoms with Gasteiger partial charge in [-0.05, 0) is 90.5 Å². The van der Waals surface area contributed by atoms with Crippen LogP contribution in [0.3, 0.4) is 0 Å². The van der Waals surface area contributed by atoms with E-state index in [0.29, 0.717) is 11.4 Å². The molecule has 0 fully saturated rings. The summed E-state index contributed by atoms with van der Waals surface area (Å²) < 4.78 is 41.8. The number of carbonyl (C=O) groups excluding carboxylic acids is 1. The molecule has 0 aliphatic heterocycles. The summed E-state index contributed by atoms with van der Waals surface area (Å²) in [5.41, 5.74) is 5.10. The zero-order valence-corrected chi connectivity index (χ0v) is 20.4. The molecule has 0 aliphatic carbocycles. The van der Waals surface area contributed by atoms with E-state index in [-0.39, 0.29) is 4.90 Å². The molecule has 0 unspecified atom stereocenters. The molecule has 1 N–H and O–H groups in total. The highest BCUT2D eigenvalue weighted by atomic mass is 127. The van der Waals surface area contributed by atoms with Crippen LogP contribution in [0.5, 0.6) is 0 Å². The number of amides is 1. The summed E-state index contributed by atoms with van der Waals surface area (Å²) in [7, 11) is -4.12. The Bertz CT molecular complexity index is 1240. The first kappa shape index (κ1) is 23.9. The van der Waals surface area contributed by atoms with Crippen molar-refractivity contribution in [1.29, 1.82) is 0 Å². The molecule has 1 amide bonds. The number of hydrogen-bond acceptors (Lipinski definition) is 4. The fraction of sp³-hybridized carbons (Fsp3) is 0.130. The van der Waals surface area contributed by atoms with Crippen LogP contribution in [0.25, 0.3) is 0 Å². The van der Waals surface area contributed by atoms with Crippen LogP contribution in [0.15, 0.2) is 82.8 Å². The minimum Gasteiger partial charge on any atom is -0.271 e. The van der Waals surface area contributed by atoms with Gasteiger partial charge >= 0.3 is 0 Å². The van der Waals surface area contributed by atoms with Gasteiger partial charge < -0.3 is 0 Å². The van der Waals surface area contributed by atoms with Crippen molar-refractivity contribution in [3.63, 3.8) is 0 Å². The Labute approximate surface area is 200 Å². The zero-order chi connectivity index (χ0) is 23.3. The Morgan fingerprint density at radius 1 is 1.06 bits per heavy atom. The van der Waals surface area contributed by atoms with Crippen LogP contribution in [0, 0.1) is 16.3 Å². The van der Waals surface area contributed by atoms with Gasteiger partial charge in [-0.2, -0.15) is 5.10 Å². The van der Waals surface area contributed by atoms with Gasteiger partial charge in [0, 0.05) is 3.57 Å². The van der Waals surface area contributed by atoms with E-state index in [2.05, 4.69) is 33.1 Å². The fourth-order valence-electron chi connectivity index (χ4n) is 2.85. The van der Waals surface area contributed by atoms with Crippen molar-refractivity contribution >= 4 is 49.9 Å². The van der Waals surface area contributed by atoms with Crippen LogP contribution in [-0.2, 0) is 14.8 Å². The molecular weight excluding hydrogens is 544 g/mol. The van der Waals surface area contributed by atoms with E-state index in [0.717, 1.165) is 31.1 Å². The number of aryl methyl sites for hydroxylation is 1. The number of nitrogens with zero attached hydrogens (tertiary/aromatic N) is 2. The van der Waals surface area contributed by atoms with E-state index in [1.807, 2.05) is 31.2 Å². The number of carbonyl (C=O) groups is 1. The van der Waals surface area contributed by atoms with Gasteiger partial charge in [0.05, 0.1) is 16.3 Å². The maximum atomic E-state index is 13.3. The lowest BCUT2D eigenvalue weighted by Crippen LogP contribution is -2.39. The van der Waals surface area contributed by atoms with Crippen molar-refractivity contribution in [2.75, 3.05) is 10.8 Å². The maximum Gasteiger partial charge on any atom is 0.264 e.